The molecule has 26 heavy (non-hydrogen) atoms. The number of carboxylic acids is 1. The Morgan fingerprint density at radius 2 is 1.81 bits per heavy atom. The van der Waals surface area contributed by atoms with Crippen molar-refractivity contribution in [1.29, 1.82) is 0 Å². The molecule has 1 aliphatic rings. The summed E-state index contributed by atoms with van der Waals surface area (Å²) >= 11 is 0. The number of aromatic carboxylic acids is 1. The summed E-state index contributed by atoms with van der Waals surface area (Å²) in [6.07, 6.45) is 1.71. The van der Waals surface area contributed by atoms with Crippen molar-refractivity contribution in [3.05, 3.63) is 34.8 Å². The fourth-order valence-corrected chi connectivity index (χ4v) is 2.46. The van der Waals surface area contributed by atoms with E-state index < -0.39 is 24.3 Å². The lowest BCUT2D eigenvalue weighted by molar-refractivity contribution is -0.118. The maximum Gasteiger partial charge on any atom is 0.492 e. The number of hydrogen-bond donors (Lipinski definition) is 3. The summed E-state index contributed by atoms with van der Waals surface area (Å²) in [6.45, 7) is 9.35. The summed E-state index contributed by atoms with van der Waals surface area (Å²) in [5.74, 6) is -1.24. The van der Waals surface area contributed by atoms with E-state index in [1.807, 2.05) is 27.7 Å². The number of carbonyl (C=O) groups is 2. The van der Waals surface area contributed by atoms with Gasteiger partial charge in [0, 0.05) is 19.2 Å². The molecule has 0 aliphatic carbocycles. The molecule has 1 fully saturated rings. The van der Waals surface area contributed by atoms with Gasteiger partial charge >= 0.3 is 13.1 Å². The molecule has 0 unspecified atom stereocenters. The lowest BCUT2D eigenvalue weighted by Crippen LogP contribution is -2.41. The van der Waals surface area contributed by atoms with Crippen LogP contribution in [0.25, 0.3) is 6.08 Å². The zero-order valence-electron chi connectivity index (χ0n) is 15.8. The number of anilines is 1. The number of carboxylic acid groups (broad SMARTS) is 1. The first-order valence-corrected chi connectivity index (χ1v) is 8.36. The summed E-state index contributed by atoms with van der Waals surface area (Å²) < 4.78 is 12.1. The average Bonchev–Trinajstić information content (AvgIpc) is 2.72. The highest BCUT2D eigenvalue weighted by Gasteiger charge is 2.52. The minimum Gasteiger partial charge on any atom is -0.478 e. The van der Waals surface area contributed by atoms with Crippen LogP contribution in [0.3, 0.4) is 0 Å². The minimum atomic E-state index is -1.04. The van der Waals surface area contributed by atoms with Crippen molar-refractivity contribution in [2.45, 2.75) is 45.8 Å². The number of nitrogen functional groups attached to an aromatic ring is 1. The second-order valence-electron chi connectivity index (χ2n) is 7.37. The van der Waals surface area contributed by atoms with Gasteiger partial charge in [-0.3, -0.25) is 4.79 Å². The van der Waals surface area contributed by atoms with Gasteiger partial charge in [-0.2, -0.15) is 0 Å². The number of hydrogen-bond acceptors (Lipinski definition) is 5. The van der Waals surface area contributed by atoms with Gasteiger partial charge in [0.25, 0.3) is 0 Å². The fourth-order valence-electron chi connectivity index (χ4n) is 2.46. The molecule has 2 rings (SSSR count). The van der Waals surface area contributed by atoms with E-state index in [0.717, 1.165) is 0 Å². The summed E-state index contributed by atoms with van der Waals surface area (Å²) in [5.41, 5.74) is 6.63. The molecule has 0 atom stereocenters. The molecule has 0 spiro atoms. The van der Waals surface area contributed by atoms with Crippen molar-refractivity contribution in [2.75, 3.05) is 12.3 Å². The summed E-state index contributed by atoms with van der Waals surface area (Å²) in [7, 11) is -0.681. The van der Waals surface area contributed by atoms with Gasteiger partial charge in [-0.25, -0.2) is 4.79 Å². The Labute approximate surface area is 153 Å². The number of carbonyl (C=O) groups excluding carboxylic acids is 1. The third kappa shape index (κ3) is 4.26. The topological polar surface area (TPSA) is 111 Å². The van der Waals surface area contributed by atoms with E-state index in [1.165, 1.54) is 25.1 Å². The highest BCUT2D eigenvalue weighted by molar-refractivity contribution is 6.56. The van der Waals surface area contributed by atoms with Crippen molar-refractivity contribution in [3.63, 3.8) is 0 Å². The fraction of sp³-hybridized carbons (Fsp3) is 0.444. The second-order valence-corrected chi connectivity index (χ2v) is 7.37. The first-order valence-electron chi connectivity index (χ1n) is 8.36. The predicted octanol–water partition coefficient (Wildman–Crippen LogP) is 2.12. The third-order valence-electron chi connectivity index (χ3n) is 4.77. The van der Waals surface area contributed by atoms with Crippen LogP contribution in [0.15, 0.2) is 23.7 Å². The first-order chi connectivity index (χ1) is 11.9. The van der Waals surface area contributed by atoms with E-state index in [1.54, 1.807) is 6.08 Å². The first kappa shape index (κ1) is 20.0. The molecule has 1 saturated heterocycles. The van der Waals surface area contributed by atoms with Crippen LogP contribution in [0.4, 0.5) is 5.69 Å². The number of amides is 1. The zero-order chi connectivity index (χ0) is 19.7. The van der Waals surface area contributed by atoms with Gasteiger partial charge in [0.05, 0.1) is 16.8 Å². The Hall–Kier alpha value is -2.32. The van der Waals surface area contributed by atoms with Crippen LogP contribution in [0, 0.1) is 0 Å². The molecule has 0 bridgehead atoms. The predicted molar refractivity (Wildman–Crippen MR) is 101 cm³/mol. The molecular formula is C18H25BN2O5. The molecule has 1 aliphatic heterocycles. The normalized spacial score (nSPS) is 18.7. The Balaban J connectivity index is 2.42. The van der Waals surface area contributed by atoms with Gasteiger partial charge in [-0.05, 0) is 56.9 Å². The standard InChI is InChI=1S/C18H25BN2O5/c1-11(22)21-10-14(19-25-17(2,3)18(4,5)26-19)9-13-8-12(16(23)24)6-7-15(13)20/h6-9H,10,20H2,1-5H3,(H,21,22)(H,23,24). The summed E-state index contributed by atoms with van der Waals surface area (Å²) in [4.78, 5) is 22.6. The van der Waals surface area contributed by atoms with Gasteiger partial charge in [0.15, 0.2) is 0 Å². The average molecular weight is 360 g/mol. The monoisotopic (exact) mass is 360 g/mol. The highest BCUT2D eigenvalue weighted by atomic mass is 16.7. The van der Waals surface area contributed by atoms with E-state index in [-0.39, 0.29) is 18.0 Å². The molecule has 0 saturated carbocycles. The molecule has 4 N–H and O–H groups in total. The summed E-state index contributed by atoms with van der Waals surface area (Å²) in [5, 5.41) is 11.9. The van der Waals surface area contributed by atoms with Crippen molar-refractivity contribution < 1.29 is 24.0 Å². The zero-order valence-corrected chi connectivity index (χ0v) is 15.8. The highest BCUT2D eigenvalue weighted by Crippen LogP contribution is 2.39. The van der Waals surface area contributed by atoms with E-state index in [0.29, 0.717) is 16.7 Å². The maximum atomic E-state index is 11.4. The lowest BCUT2D eigenvalue weighted by atomic mass is 9.76. The van der Waals surface area contributed by atoms with Crippen LogP contribution in [0.2, 0.25) is 0 Å². The van der Waals surface area contributed by atoms with Crippen LogP contribution in [-0.2, 0) is 14.1 Å². The van der Waals surface area contributed by atoms with Crippen molar-refractivity contribution in [1.82, 2.24) is 5.32 Å². The van der Waals surface area contributed by atoms with E-state index in [2.05, 4.69) is 5.32 Å². The largest absolute Gasteiger partial charge is 0.492 e. The van der Waals surface area contributed by atoms with Gasteiger partial charge in [-0.15, -0.1) is 0 Å². The van der Waals surface area contributed by atoms with Gasteiger partial charge in [0.1, 0.15) is 0 Å². The molecule has 7 nitrogen and oxygen atoms in total. The number of nitrogens with two attached hydrogens (primary N) is 1. The number of nitrogens with one attached hydrogen (secondary N) is 1. The number of benzene rings is 1. The smallest absolute Gasteiger partial charge is 0.478 e. The van der Waals surface area contributed by atoms with Crippen molar-refractivity contribution in [3.8, 4) is 0 Å². The SMILES string of the molecule is CC(=O)NCC(=Cc1cc(C(=O)O)ccc1N)B1OC(C)(C)C(C)(C)O1. The van der Waals surface area contributed by atoms with Gasteiger partial charge in [-0.1, -0.05) is 6.08 Å². The Bertz CT molecular complexity index is 742. The van der Waals surface area contributed by atoms with Gasteiger partial charge < -0.3 is 25.5 Å². The maximum absolute atomic E-state index is 11.4. The molecule has 1 aromatic rings. The summed E-state index contributed by atoms with van der Waals surface area (Å²) in [6, 6.07) is 4.46. The van der Waals surface area contributed by atoms with E-state index >= 15 is 0 Å². The third-order valence-corrected chi connectivity index (χ3v) is 4.77. The van der Waals surface area contributed by atoms with Crippen LogP contribution < -0.4 is 11.1 Å². The molecule has 0 aromatic heterocycles. The van der Waals surface area contributed by atoms with Crippen LogP contribution in [0.5, 0.6) is 0 Å². The van der Waals surface area contributed by atoms with Crippen LogP contribution >= 0.6 is 0 Å². The molecule has 1 amide bonds. The van der Waals surface area contributed by atoms with Gasteiger partial charge in [0.2, 0.25) is 5.91 Å². The minimum absolute atomic E-state index is 0.123. The Morgan fingerprint density at radius 3 is 2.31 bits per heavy atom. The van der Waals surface area contributed by atoms with Crippen LogP contribution in [0.1, 0.15) is 50.5 Å². The lowest BCUT2D eigenvalue weighted by Gasteiger charge is -2.32. The molecular weight excluding hydrogens is 335 g/mol. The van der Waals surface area contributed by atoms with Crippen molar-refractivity contribution in [2.24, 2.45) is 0 Å². The van der Waals surface area contributed by atoms with Crippen LogP contribution in [-0.4, -0.2) is 41.8 Å². The van der Waals surface area contributed by atoms with E-state index in [4.69, 9.17) is 15.0 Å². The Kier molecular flexibility index (Phi) is 5.48. The molecule has 1 aromatic carbocycles. The molecule has 0 radical (unpaired) electrons. The molecule has 8 heteroatoms. The second kappa shape index (κ2) is 7.13. The Morgan fingerprint density at radius 1 is 1.23 bits per heavy atom. The van der Waals surface area contributed by atoms with Crippen molar-refractivity contribution >= 4 is 30.8 Å². The molecule has 140 valence electrons. The quantitative estimate of drug-likeness (QED) is 0.548. The number of rotatable bonds is 5. The molecule has 1 heterocycles. The van der Waals surface area contributed by atoms with E-state index in [9.17, 15) is 14.7 Å².